The standard InChI is InChI=1S/C16H21N3O2/c1-12-5-3-6-15(9-12)21-8-4-7-16(20)17-10-14-11-18-19-13(14)2/h3,5-6,9,11H,4,7-8,10H2,1-2H3,(H,17,20)(H,18,19). The smallest absolute Gasteiger partial charge is 0.220 e. The lowest BCUT2D eigenvalue weighted by Gasteiger charge is -2.07. The molecule has 0 aliphatic carbocycles. The Bertz CT molecular complexity index is 593. The fraction of sp³-hybridized carbons (Fsp3) is 0.375. The number of nitrogens with one attached hydrogen (secondary N) is 2. The maximum absolute atomic E-state index is 11.7. The summed E-state index contributed by atoms with van der Waals surface area (Å²) in [5.74, 6) is 0.882. The van der Waals surface area contributed by atoms with Crippen molar-refractivity contribution in [1.82, 2.24) is 15.5 Å². The zero-order valence-electron chi connectivity index (χ0n) is 12.5. The zero-order chi connectivity index (χ0) is 15.1. The average Bonchev–Trinajstić information content (AvgIpc) is 2.87. The lowest BCUT2D eigenvalue weighted by Crippen LogP contribution is -2.23. The molecule has 0 saturated heterocycles. The monoisotopic (exact) mass is 287 g/mol. The third-order valence-corrected chi connectivity index (χ3v) is 3.22. The fourth-order valence-electron chi connectivity index (χ4n) is 1.96. The molecule has 5 nitrogen and oxygen atoms in total. The van der Waals surface area contributed by atoms with Gasteiger partial charge in [0, 0.05) is 24.2 Å². The van der Waals surface area contributed by atoms with Crippen molar-refractivity contribution in [2.45, 2.75) is 33.2 Å². The van der Waals surface area contributed by atoms with Gasteiger partial charge < -0.3 is 10.1 Å². The van der Waals surface area contributed by atoms with Crippen molar-refractivity contribution in [2.24, 2.45) is 0 Å². The number of benzene rings is 1. The first-order valence-electron chi connectivity index (χ1n) is 7.10. The zero-order valence-corrected chi connectivity index (χ0v) is 12.5. The first-order valence-corrected chi connectivity index (χ1v) is 7.10. The van der Waals surface area contributed by atoms with Crippen LogP contribution in [-0.4, -0.2) is 22.7 Å². The van der Waals surface area contributed by atoms with E-state index in [1.807, 2.05) is 38.1 Å². The highest BCUT2D eigenvalue weighted by molar-refractivity contribution is 5.75. The van der Waals surface area contributed by atoms with Crippen LogP contribution in [0.3, 0.4) is 0 Å². The van der Waals surface area contributed by atoms with Crippen LogP contribution in [0.1, 0.15) is 29.7 Å². The molecule has 0 saturated carbocycles. The molecule has 21 heavy (non-hydrogen) atoms. The first-order chi connectivity index (χ1) is 10.1. The van der Waals surface area contributed by atoms with Crippen molar-refractivity contribution in [3.63, 3.8) is 0 Å². The van der Waals surface area contributed by atoms with Crippen LogP contribution in [0.15, 0.2) is 30.5 Å². The number of aromatic amines is 1. The highest BCUT2D eigenvalue weighted by atomic mass is 16.5. The molecule has 0 radical (unpaired) electrons. The van der Waals surface area contributed by atoms with Gasteiger partial charge in [0.05, 0.1) is 12.8 Å². The second-order valence-corrected chi connectivity index (χ2v) is 5.07. The summed E-state index contributed by atoms with van der Waals surface area (Å²) >= 11 is 0. The van der Waals surface area contributed by atoms with Gasteiger partial charge in [0.15, 0.2) is 0 Å². The van der Waals surface area contributed by atoms with Gasteiger partial charge in [-0.3, -0.25) is 9.89 Å². The summed E-state index contributed by atoms with van der Waals surface area (Å²) in [7, 11) is 0. The summed E-state index contributed by atoms with van der Waals surface area (Å²) < 4.78 is 5.61. The van der Waals surface area contributed by atoms with E-state index >= 15 is 0 Å². The van der Waals surface area contributed by atoms with E-state index < -0.39 is 0 Å². The van der Waals surface area contributed by atoms with E-state index in [9.17, 15) is 4.79 Å². The Labute approximate surface area is 124 Å². The Morgan fingerprint density at radius 1 is 1.38 bits per heavy atom. The van der Waals surface area contributed by atoms with Crippen molar-refractivity contribution in [1.29, 1.82) is 0 Å². The first kappa shape index (κ1) is 15.1. The predicted octanol–water partition coefficient (Wildman–Crippen LogP) is 2.50. The van der Waals surface area contributed by atoms with E-state index in [0.29, 0.717) is 26.0 Å². The number of rotatable bonds is 7. The summed E-state index contributed by atoms with van der Waals surface area (Å²) in [6.45, 7) is 5.02. The van der Waals surface area contributed by atoms with Gasteiger partial charge in [-0.25, -0.2) is 0 Å². The van der Waals surface area contributed by atoms with Crippen LogP contribution in [0.25, 0.3) is 0 Å². The molecule has 0 bridgehead atoms. The number of carbonyl (C=O) groups is 1. The van der Waals surface area contributed by atoms with Gasteiger partial charge in [-0.1, -0.05) is 12.1 Å². The molecule has 1 aromatic heterocycles. The number of ether oxygens (including phenoxy) is 1. The second kappa shape index (κ2) is 7.47. The van der Waals surface area contributed by atoms with Gasteiger partial charge in [0.1, 0.15) is 5.75 Å². The molecule has 2 N–H and O–H groups in total. The molecule has 2 aromatic rings. The van der Waals surface area contributed by atoms with Crippen molar-refractivity contribution >= 4 is 5.91 Å². The average molecular weight is 287 g/mol. The highest BCUT2D eigenvalue weighted by Crippen LogP contribution is 2.12. The highest BCUT2D eigenvalue weighted by Gasteiger charge is 2.04. The Hall–Kier alpha value is -2.30. The molecular formula is C16H21N3O2. The minimum absolute atomic E-state index is 0.0310. The number of hydrogen-bond acceptors (Lipinski definition) is 3. The largest absolute Gasteiger partial charge is 0.494 e. The van der Waals surface area contributed by atoms with Crippen LogP contribution >= 0.6 is 0 Å². The fourth-order valence-corrected chi connectivity index (χ4v) is 1.96. The van der Waals surface area contributed by atoms with Crippen molar-refractivity contribution in [3.05, 3.63) is 47.3 Å². The number of aryl methyl sites for hydroxylation is 2. The van der Waals surface area contributed by atoms with Crippen LogP contribution < -0.4 is 10.1 Å². The van der Waals surface area contributed by atoms with Gasteiger partial charge in [0.2, 0.25) is 5.91 Å². The number of amides is 1. The predicted molar refractivity (Wildman–Crippen MR) is 81.1 cm³/mol. The molecule has 0 aliphatic heterocycles. The molecule has 1 amide bonds. The third kappa shape index (κ3) is 4.95. The van der Waals surface area contributed by atoms with Crippen LogP contribution in [0, 0.1) is 13.8 Å². The summed E-state index contributed by atoms with van der Waals surface area (Å²) in [5, 5.41) is 9.64. The third-order valence-electron chi connectivity index (χ3n) is 3.22. The number of hydrogen-bond donors (Lipinski definition) is 2. The maximum atomic E-state index is 11.7. The van der Waals surface area contributed by atoms with Gasteiger partial charge in [-0.2, -0.15) is 5.10 Å². The SMILES string of the molecule is Cc1cccc(OCCCC(=O)NCc2cn[nH]c2C)c1. The van der Waals surface area contributed by atoms with E-state index in [1.165, 1.54) is 5.56 Å². The van der Waals surface area contributed by atoms with Crippen LogP contribution in [0.2, 0.25) is 0 Å². The summed E-state index contributed by atoms with van der Waals surface area (Å²) in [5.41, 5.74) is 3.16. The Kier molecular flexibility index (Phi) is 5.37. The maximum Gasteiger partial charge on any atom is 0.220 e. The Balaban J connectivity index is 1.62. The molecule has 2 rings (SSSR count). The van der Waals surface area contributed by atoms with Gasteiger partial charge in [-0.05, 0) is 38.0 Å². The van der Waals surface area contributed by atoms with Crippen LogP contribution in [0.5, 0.6) is 5.75 Å². The topological polar surface area (TPSA) is 67.0 Å². The minimum atomic E-state index is 0.0310. The molecule has 0 spiro atoms. The Morgan fingerprint density at radius 3 is 2.95 bits per heavy atom. The van der Waals surface area contributed by atoms with Gasteiger partial charge >= 0.3 is 0 Å². The quantitative estimate of drug-likeness (QED) is 0.769. The van der Waals surface area contributed by atoms with E-state index in [-0.39, 0.29) is 5.91 Å². The molecular weight excluding hydrogens is 266 g/mol. The molecule has 0 atom stereocenters. The van der Waals surface area contributed by atoms with Crippen LogP contribution in [0.4, 0.5) is 0 Å². The summed E-state index contributed by atoms with van der Waals surface area (Å²) in [6, 6.07) is 7.90. The molecule has 5 heteroatoms. The van der Waals surface area contributed by atoms with Crippen molar-refractivity contribution in [3.8, 4) is 5.75 Å². The number of carbonyl (C=O) groups excluding carboxylic acids is 1. The molecule has 0 fully saturated rings. The van der Waals surface area contributed by atoms with E-state index in [2.05, 4.69) is 15.5 Å². The normalized spacial score (nSPS) is 10.4. The minimum Gasteiger partial charge on any atom is -0.494 e. The summed E-state index contributed by atoms with van der Waals surface area (Å²) in [4.78, 5) is 11.7. The second-order valence-electron chi connectivity index (χ2n) is 5.07. The van der Waals surface area contributed by atoms with Gasteiger partial charge in [-0.15, -0.1) is 0 Å². The van der Waals surface area contributed by atoms with E-state index in [0.717, 1.165) is 17.0 Å². The number of H-pyrrole nitrogens is 1. The number of nitrogens with zero attached hydrogens (tertiary/aromatic N) is 1. The summed E-state index contributed by atoms with van der Waals surface area (Å²) in [6.07, 6.45) is 2.89. The lowest BCUT2D eigenvalue weighted by atomic mass is 10.2. The number of aromatic nitrogens is 2. The van der Waals surface area contributed by atoms with Crippen LogP contribution in [-0.2, 0) is 11.3 Å². The Morgan fingerprint density at radius 2 is 2.24 bits per heavy atom. The van der Waals surface area contributed by atoms with Gasteiger partial charge in [0.25, 0.3) is 0 Å². The molecule has 1 aromatic carbocycles. The molecule has 112 valence electrons. The van der Waals surface area contributed by atoms with Crippen molar-refractivity contribution < 1.29 is 9.53 Å². The van der Waals surface area contributed by atoms with E-state index in [1.54, 1.807) is 6.20 Å². The lowest BCUT2D eigenvalue weighted by molar-refractivity contribution is -0.121. The van der Waals surface area contributed by atoms with E-state index in [4.69, 9.17) is 4.74 Å². The molecule has 1 heterocycles. The van der Waals surface area contributed by atoms with Crippen molar-refractivity contribution in [2.75, 3.05) is 6.61 Å². The molecule has 0 aliphatic rings. The molecule has 0 unspecified atom stereocenters.